The summed E-state index contributed by atoms with van der Waals surface area (Å²) >= 11 is 6.77. The molecule has 0 radical (unpaired) electrons. The van der Waals surface area contributed by atoms with Gasteiger partial charge in [-0.25, -0.2) is 0 Å². The maximum Gasteiger partial charge on any atom is 0.0594 e. The Morgan fingerprint density at radius 3 is 2.65 bits per heavy atom. The minimum absolute atomic E-state index is 0.154. The molecule has 0 N–H and O–H groups in total. The second-order valence-corrected chi connectivity index (χ2v) is 6.74. The first-order valence-electron chi connectivity index (χ1n) is 7.88. The van der Waals surface area contributed by atoms with Gasteiger partial charge in [-0.2, -0.15) is 0 Å². The van der Waals surface area contributed by atoms with E-state index in [2.05, 4.69) is 43.3 Å². The zero-order valence-electron chi connectivity index (χ0n) is 12.2. The van der Waals surface area contributed by atoms with Crippen molar-refractivity contribution < 1.29 is 0 Å². The van der Waals surface area contributed by atoms with Crippen LogP contribution >= 0.6 is 11.6 Å². The summed E-state index contributed by atoms with van der Waals surface area (Å²) in [5.74, 6) is 0.923. The monoisotopic (exact) mass is 286 g/mol. The minimum atomic E-state index is 0.154. The summed E-state index contributed by atoms with van der Waals surface area (Å²) in [4.78, 5) is 0. The quantitative estimate of drug-likeness (QED) is 0.571. The smallest absolute Gasteiger partial charge is 0.0594 e. The van der Waals surface area contributed by atoms with Gasteiger partial charge in [0.1, 0.15) is 0 Å². The standard InChI is InChI=1S/C19H23Cl/c1-14-10-12-16-8-4-5-9-17(16)19(14)18(20)13-11-15-6-2-3-7-15/h4-5,8-10,12,15,18H,2-3,6-7,11,13H2,1H3. The van der Waals surface area contributed by atoms with Crippen molar-refractivity contribution in [1.82, 2.24) is 0 Å². The molecular formula is C19H23Cl. The normalized spacial score (nSPS) is 17.7. The van der Waals surface area contributed by atoms with Crippen LogP contribution in [-0.2, 0) is 0 Å². The molecule has 1 saturated carbocycles. The molecule has 0 spiro atoms. The second kappa shape index (κ2) is 6.18. The zero-order chi connectivity index (χ0) is 13.9. The van der Waals surface area contributed by atoms with E-state index < -0.39 is 0 Å². The molecular weight excluding hydrogens is 264 g/mol. The molecule has 0 saturated heterocycles. The van der Waals surface area contributed by atoms with Gasteiger partial charge >= 0.3 is 0 Å². The van der Waals surface area contributed by atoms with Crippen molar-refractivity contribution in [2.75, 3.05) is 0 Å². The molecule has 0 amide bonds. The third kappa shape index (κ3) is 2.86. The van der Waals surface area contributed by atoms with E-state index in [0.29, 0.717) is 0 Å². The van der Waals surface area contributed by atoms with Crippen molar-refractivity contribution in [3.63, 3.8) is 0 Å². The van der Waals surface area contributed by atoms with Crippen LogP contribution in [0.3, 0.4) is 0 Å². The summed E-state index contributed by atoms with van der Waals surface area (Å²) in [5, 5.41) is 2.79. The van der Waals surface area contributed by atoms with Crippen LogP contribution in [0.2, 0.25) is 0 Å². The number of alkyl halides is 1. The number of benzene rings is 2. The summed E-state index contributed by atoms with van der Waals surface area (Å²) in [6.45, 7) is 2.19. The van der Waals surface area contributed by atoms with Crippen LogP contribution in [0, 0.1) is 12.8 Å². The Kier molecular flexibility index (Phi) is 4.31. The van der Waals surface area contributed by atoms with Gasteiger partial charge in [0.25, 0.3) is 0 Å². The van der Waals surface area contributed by atoms with E-state index in [9.17, 15) is 0 Å². The van der Waals surface area contributed by atoms with Crippen molar-refractivity contribution >= 4 is 22.4 Å². The molecule has 0 bridgehead atoms. The van der Waals surface area contributed by atoms with E-state index in [1.165, 1.54) is 54.0 Å². The molecule has 106 valence electrons. The van der Waals surface area contributed by atoms with E-state index in [1.54, 1.807) is 0 Å². The topological polar surface area (TPSA) is 0 Å². The van der Waals surface area contributed by atoms with Crippen LogP contribution in [0.15, 0.2) is 36.4 Å². The van der Waals surface area contributed by atoms with Crippen molar-refractivity contribution in [2.45, 2.75) is 50.8 Å². The first-order chi connectivity index (χ1) is 9.75. The highest BCUT2D eigenvalue weighted by molar-refractivity contribution is 6.22. The van der Waals surface area contributed by atoms with E-state index in [0.717, 1.165) is 12.3 Å². The highest BCUT2D eigenvalue weighted by Crippen LogP contribution is 2.37. The molecule has 2 aromatic rings. The van der Waals surface area contributed by atoms with Crippen LogP contribution < -0.4 is 0 Å². The van der Waals surface area contributed by atoms with Gasteiger partial charge in [0, 0.05) is 0 Å². The van der Waals surface area contributed by atoms with E-state index in [-0.39, 0.29) is 5.38 Å². The number of halogens is 1. The van der Waals surface area contributed by atoms with E-state index in [1.807, 2.05) is 0 Å². The van der Waals surface area contributed by atoms with Gasteiger partial charge in [-0.1, -0.05) is 62.1 Å². The molecule has 0 heterocycles. The van der Waals surface area contributed by atoms with Crippen LogP contribution in [0.5, 0.6) is 0 Å². The first-order valence-corrected chi connectivity index (χ1v) is 8.31. The molecule has 1 fully saturated rings. The molecule has 20 heavy (non-hydrogen) atoms. The Morgan fingerprint density at radius 2 is 1.85 bits per heavy atom. The van der Waals surface area contributed by atoms with Crippen LogP contribution in [0.25, 0.3) is 10.8 Å². The fraction of sp³-hybridized carbons (Fsp3) is 0.474. The summed E-state index contributed by atoms with van der Waals surface area (Å²) in [6, 6.07) is 13.0. The molecule has 1 unspecified atom stereocenters. The van der Waals surface area contributed by atoms with E-state index in [4.69, 9.17) is 11.6 Å². The summed E-state index contributed by atoms with van der Waals surface area (Å²) in [5.41, 5.74) is 2.68. The molecule has 1 aliphatic rings. The number of hydrogen-bond donors (Lipinski definition) is 0. The van der Waals surface area contributed by atoms with Crippen LogP contribution in [-0.4, -0.2) is 0 Å². The maximum absolute atomic E-state index is 6.77. The third-order valence-electron chi connectivity index (χ3n) is 4.81. The molecule has 1 aliphatic carbocycles. The summed E-state index contributed by atoms with van der Waals surface area (Å²) in [7, 11) is 0. The lowest BCUT2D eigenvalue weighted by atomic mass is 9.92. The maximum atomic E-state index is 6.77. The fourth-order valence-electron chi connectivity index (χ4n) is 3.65. The Hall–Kier alpha value is -1.01. The fourth-order valence-corrected chi connectivity index (χ4v) is 4.06. The van der Waals surface area contributed by atoms with Crippen LogP contribution in [0.1, 0.15) is 55.0 Å². The summed E-state index contributed by atoms with van der Waals surface area (Å²) in [6.07, 6.45) is 8.07. The van der Waals surface area contributed by atoms with Gasteiger partial charge in [0.15, 0.2) is 0 Å². The Labute approximate surface area is 127 Å². The highest BCUT2D eigenvalue weighted by Gasteiger charge is 2.19. The summed E-state index contributed by atoms with van der Waals surface area (Å²) < 4.78 is 0. The van der Waals surface area contributed by atoms with Gasteiger partial charge in [-0.05, 0) is 47.6 Å². The van der Waals surface area contributed by atoms with Crippen molar-refractivity contribution in [3.05, 3.63) is 47.5 Å². The lowest BCUT2D eigenvalue weighted by Gasteiger charge is -2.17. The largest absolute Gasteiger partial charge is 0.118 e. The molecule has 0 aromatic heterocycles. The van der Waals surface area contributed by atoms with Gasteiger partial charge in [-0.15, -0.1) is 11.6 Å². The Balaban J connectivity index is 1.82. The Morgan fingerprint density at radius 1 is 1.10 bits per heavy atom. The molecule has 1 heteroatoms. The first kappa shape index (κ1) is 13.9. The molecule has 0 aliphatic heterocycles. The average Bonchev–Trinajstić information content (AvgIpc) is 2.98. The van der Waals surface area contributed by atoms with Gasteiger partial charge in [0.2, 0.25) is 0 Å². The molecule has 0 nitrogen and oxygen atoms in total. The highest BCUT2D eigenvalue weighted by atomic mass is 35.5. The lowest BCUT2D eigenvalue weighted by Crippen LogP contribution is -2.00. The van der Waals surface area contributed by atoms with Gasteiger partial charge in [-0.3, -0.25) is 0 Å². The zero-order valence-corrected chi connectivity index (χ0v) is 13.0. The average molecular weight is 287 g/mol. The predicted octanol–water partition coefficient (Wildman–Crippen LogP) is 6.40. The minimum Gasteiger partial charge on any atom is -0.118 e. The SMILES string of the molecule is Cc1ccc2ccccc2c1C(Cl)CCC1CCCC1. The number of rotatable bonds is 4. The molecule has 3 rings (SSSR count). The lowest BCUT2D eigenvalue weighted by molar-refractivity contribution is 0.480. The number of aryl methyl sites for hydroxylation is 1. The third-order valence-corrected chi connectivity index (χ3v) is 5.24. The molecule has 2 aromatic carbocycles. The number of fused-ring (bicyclic) bond motifs is 1. The Bertz CT molecular complexity index is 581. The molecule has 1 atom stereocenters. The second-order valence-electron chi connectivity index (χ2n) is 6.21. The van der Waals surface area contributed by atoms with Gasteiger partial charge in [0.05, 0.1) is 5.38 Å². The van der Waals surface area contributed by atoms with Crippen molar-refractivity contribution in [3.8, 4) is 0 Å². The van der Waals surface area contributed by atoms with E-state index >= 15 is 0 Å². The van der Waals surface area contributed by atoms with Crippen LogP contribution in [0.4, 0.5) is 0 Å². The van der Waals surface area contributed by atoms with Crippen molar-refractivity contribution in [2.24, 2.45) is 5.92 Å². The van der Waals surface area contributed by atoms with Gasteiger partial charge < -0.3 is 0 Å². The predicted molar refractivity (Wildman–Crippen MR) is 88.5 cm³/mol. The number of hydrogen-bond acceptors (Lipinski definition) is 0. The van der Waals surface area contributed by atoms with Crippen molar-refractivity contribution in [1.29, 1.82) is 0 Å².